The van der Waals surface area contributed by atoms with Crippen LogP contribution in [0.25, 0.3) is 5.65 Å². The van der Waals surface area contributed by atoms with Crippen molar-refractivity contribution in [3.63, 3.8) is 0 Å². The van der Waals surface area contributed by atoms with Crippen LogP contribution >= 0.6 is 11.6 Å². The number of carbonyl (C=O) groups is 3. The molecule has 2 amide bonds. The van der Waals surface area contributed by atoms with Crippen molar-refractivity contribution in [1.29, 1.82) is 0 Å². The maximum absolute atomic E-state index is 12.4. The minimum absolute atomic E-state index is 0.0777. The van der Waals surface area contributed by atoms with Crippen LogP contribution in [0.3, 0.4) is 0 Å². The Balaban J connectivity index is 1.46. The number of ether oxygens (including phenoxy) is 1. The van der Waals surface area contributed by atoms with Gasteiger partial charge in [0, 0.05) is 12.4 Å². The van der Waals surface area contributed by atoms with Crippen LogP contribution in [0.4, 0.5) is 0 Å². The van der Waals surface area contributed by atoms with Crippen molar-refractivity contribution in [3.8, 4) is 0 Å². The van der Waals surface area contributed by atoms with Gasteiger partial charge in [0.05, 0.1) is 21.8 Å². The molecule has 7 nitrogen and oxygen atoms in total. The smallest absolute Gasteiger partial charge is 0.329 e. The number of hydrogen-bond donors (Lipinski definition) is 0. The Morgan fingerprint density at radius 2 is 1.78 bits per heavy atom. The van der Waals surface area contributed by atoms with Gasteiger partial charge in [-0.1, -0.05) is 23.7 Å². The fraction of sp³-hybridized carbons (Fsp3) is 0.158. The van der Waals surface area contributed by atoms with Crippen molar-refractivity contribution in [2.45, 2.75) is 19.6 Å². The second-order valence-electron chi connectivity index (χ2n) is 6.15. The highest BCUT2D eigenvalue weighted by atomic mass is 35.5. The Kier molecular flexibility index (Phi) is 4.16. The van der Waals surface area contributed by atoms with E-state index in [9.17, 15) is 14.4 Å². The topological polar surface area (TPSA) is 81.0 Å². The lowest BCUT2D eigenvalue weighted by atomic mass is 10.1. The van der Waals surface area contributed by atoms with Crippen LogP contribution in [-0.4, -0.2) is 38.1 Å². The van der Waals surface area contributed by atoms with Crippen LogP contribution < -0.4 is 0 Å². The lowest BCUT2D eigenvalue weighted by Crippen LogP contribution is -2.43. The first-order valence-corrected chi connectivity index (χ1v) is 8.60. The molecule has 0 unspecified atom stereocenters. The van der Waals surface area contributed by atoms with Crippen molar-refractivity contribution in [3.05, 3.63) is 70.6 Å². The number of amides is 2. The van der Waals surface area contributed by atoms with Crippen LogP contribution in [0, 0.1) is 0 Å². The molecule has 4 rings (SSSR count). The summed E-state index contributed by atoms with van der Waals surface area (Å²) in [6.45, 7) is 1.39. The monoisotopic (exact) mass is 383 g/mol. The van der Waals surface area contributed by atoms with E-state index in [1.54, 1.807) is 53.2 Å². The molecule has 0 saturated carbocycles. The molecule has 3 aromatic rings. The minimum Gasteiger partial charge on any atom is -0.458 e. The molecule has 1 aliphatic rings. The molecule has 0 radical (unpaired) electrons. The molecule has 0 spiro atoms. The maximum Gasteiger partial charge on any atom is 0.329 e. The van der Waals surface area contributed by atoms with E-state index < -0.39 is 23.8 Å². The van der Waals surface area contributed by atoms with Gasteiger partial charge < -0.3 is 9.14 Å². The molecular weight excluding hydrogens is 370 g/mol. The third-order valence-corrected chi connectivity index (χ3v) is 4.60. The molecule has 0 bridgehead atoms. The third-order valence-electron chi connectivity index (χ3n) is 4.38. The van der Waals surface area contributed by atoms with Gasteiger partial charge in [0.25, 0.3) is 11.8 Å². The standard InChI is InChI=1S/C19H14ClN3O4/c1-11(23-17(24)14-4-2-3-5-15(14)18(23)25)19(26)27-10-13-9-22-8-12(20)6-7-16(22)21-13/h2-9,11H,10H2,1H3/t11-/m1/s1. The van der Waals surface area contributed by atoms with E-state index >= 15 is 0 Å². The van der Waals surface area contributed by atoms with E-state index in [1.807, 2.05) is 0 Å². The zero-order valence-corrected chi connectivity index (χ0v) is 15.0. The molecule has 8 heteroatoms. The number of benzene rings is 1. The summed E-state index contributed by atoms with van der Waals surface area (Å²) in [5.74, 6) is -1.68. The zero-order chi connectivity index (χ0) is 19.1. The van der Waals surface area contributed by atoms with E-state index in [2.05, 4.69) is 4.98 Å². The summed E-state index contributed by atoms with van der Waals surface area (Å²) in [5, 5.41) is 0.558. The largest absolute Gasteiger partial charge is 0.458 e. The zero-order valence-electron chi connectivity index (χ0n) is 14.3. The van der Waals surface area contributed by atoms with Gasteiger partial charge in [0.2, 0.25) is 0 Å². The van der Waals surface area contributed by atoms with Gasteiger partial charge in [-0.25, -0.2) is 9.78 Å². The molecule has 1 aliphatic heterocycles. The van der Waals surface area contributed by atoms with Gasteiger partial charge in [0.15, 0.2) is 0 Å². The van der Waals surface area contributed by atoms with Gasteiger partial charge >= 0.3 is 5.97 Å². The first kappa shape index (κ1) is 17.2. The molecule has 0 saturated heterocycles. The number of imide groups is 1. The normalized spacial score (nSPS) is 14.5. The van der Waals surface area contributed by atoms with Crippen molar-refractivity contribution in [1.82, 2.24) is 14.3 Å². The van der Waals surface area contributed by atoms with Crippen molar-refractivity contribution in [2.75, 3.05) is 0 Å². The molecule has 0 fully saturated rings. The van der Waals surface area contributed by atoms with Crippen LogP contribution in [0.5, 0.6) is 0 Å². The highest BCUT2D eigenvalue weighted by molar-refractivity contribution is 6.30. The summed E-state index contributed by atoms with van der Waals surface area (Å²) in [4.78, 5) is 42.5. The summed E-state index contributed by atoms with van der Waals surface area (Å²) in [7, 11) is 0. The third kappa shape index (κ3) is 2.96. The first-order chi connectivity index (χ1) is 13.0. The van der Waals surface area contributed by atoms with Crippen LogP contribution in [0.15, 0.2) is 48.8 Å². The lowest BCUT2D eigenvalue weighted by Gasteiger charge is -2.20. The number of imidazole rings is 1. The predicted molar refractivity (Wildman–Crippen MR) is 96.4 cm³/mol. The average Bonchev–Trinajstić information content (AvgIpc) is 3.18. The molecule has 1 atom stereocenters. The summed E-state index contributed by atoms with van der Waals surface area (Å²) in [6, 6.07) is 8.89. The summed E-state index contributed by atoms with van der Waals surface area (Å²) in [5.41, 5.74) is 1.78. The Bertz CT molecular complexity index is 1060. The number of fused-ring (bicyclic) bond motifs is 2. The van der Waals surface area contributed by atoms with E-state index in [4.69, 9.17) is 16.3 Å². The van der Waals surface area contributed by atoms with Gasteiger partial charge in [-0.15, -0.1) is 0 Å². The Morgan fingerprint density at radius 1 is 1.11 bits per heavy atom. The van der Waals surface area contributed by atoms with Gasteiger partial charge in [-0.2, -0.15) is 0 Å². The number of rotatable bonds is 4. The highest BCUT2D eigenvalue weighted by Gasteiger charge is 2.41. The van der Waals surface area contributed by atoms with Crippen LogP contribution in [-0.2, 0) is 16.1 Å². The second kappa shape index (κ2) is 6.51. The average molecular weight is 384 g/mol. The van der Waals surface area contributed by atoms with E-state index in [0.29, 0.717) is 27.5 Å². The fourth-order valence-electron chi connectivity index (χ4n) is 3.02. The number of hydrogen-bond acceptors (Lipinski definition) is 5. The summed E-state index contributed by atoms with van der Waals surface area (Å²) < 4.78 is 6.99. The number of aromatic nitrogens is 2. The molecule has 3 heterocycles. The van der Waals surface area contributed by atoms with Gasteiger partial charge in [-0.05, 0) is 31.2 Å². The SMILES string of the molecule is C[C@H](C(=O)OCc1cn2cc(Cl)ccc2n1)N1C(=O)c2ccccc2C1=O. The van der Waals surface area contributed by atoms with Crippen molar-refractivity contribution < 1.29 is 19.1 Å². The second-order valence-corrected chi connectivity index (χ2v) is 6.59. The summed E-state index contributed by atoms with van der Waals surface area (Å²) in [6.07, 6.45) is 3.39. The number of carbonyl (C=O) groups excluding carboxylic acids is 3. The number of pyridine rings is 1. The quantitative estimate of drug-likeness (QED) is 0.511. The van der Waals surface area contributed by atoms with E-state index in [0.717, 1.165) is 4.90 Å². The molecule has 136 valence electrons. The van der Waals surface area contributed by atoms with E-state index in [-0.39, 0.29) is 6.61 Å². The van der Waals surface area contributed by atoms with Gasteiger partial charge in [0.1, 0.15) is 18.3 Å². The van der Waals surface area contributed by atoms with Crippen LogP contribution in [0.1, 0.15) is 33.3 Å². The van der Waals surface area contributed by atoms with Crippen molar-refractivity contribution >= 4 is 35.0 Å². The lowest BCUT2D eigenvalue weighted by molar-refractivity contribution is -0.149. The predicted octanol–water partition coefficient (Wildman–Crippen LogP) is 2.72. The molecule has 0 aliphatic carbocycles. The maximum atomic E-state index is 12.4. The van der Waals surface area contributed by atoms with Crippen LogP contribution in [0.2, 0.25) is 5.02 Å². The summed E-state index contributed by atoms with van der Waals surface area (Å²) >= 11 is 5.93. The van der Waals surface area contributed by atoms with Crippen molar-refractivity contribution in [2.24, 2.45) is 0 Å². The Morgan fingerprint density at radius 3 is 2.44 bits per heavy atom. The minimum atomic E-state index is -1.04. The number of esters is 1. The molecule has 1 aromatic carbocycles. The first-order valence-electron chi connectivity index (χ1n) is 8.22. The van der Waals surface area contributed by atoms with E-state index in [1.165, 1.54) is 6.92 Å². The highest BCUT2D eigenvalue weighted by Crippen LogP contribution is 2.25. The molecule has 27 heavy (non-hydrogen) atoms. The molecular formula is C19H14ClN3O4. The molecule has 0 N–H and O–H groups in total. The fourth-order valence-corrected chi connectivity index (χ4v) is 3.19. The number of halogens is 1. The Hall–Kier alpha value is -3.19. The molecule has 2 aromatic heterocycles. The number of nitrogens with zero attached hydrogens (tertiary/aromatic N) is 3. The Labute approximate surface area is 159 Å². The van der Waals surface area contributed by atoms with Gasteiger partial charge in [-0.3, -0.25) is 14.5 Å².